The molecular formula is C25H27N3O3. The van der Waals surface area contributed by atoms with E-state index in [0.717, 1.165) is 46.3 Å². The van der Waals surface area contributed by atoms with E-state index in [1.165, 1.54) is 0 Å². The number of unbranched alkanes of at least 4 members (excludes halogenated alkanes) is 1. The standard InChI is InChI=1S/C25H27N3O3/c1-3-4-12-27-15-22(29)28-21(25(27)30)14-19-18-10-5-6-11-20(18)26-23(19)24(28)16-8-7-9-17(13-16)31-2/h5-11,13,21,24,26H,3-4,12,14-15H2,1-2H3/t21-,24+/m0/s1. The summed E-state index contributed by atoms with van der Waals surface area (Å²) >= 11 is 0. The number of para-hydroxylation sites is 1. The Morgan fingerprint density at radius 1 is 1.13 bits per heavy atom. The van der Waals surface area contributed by atoms with Gasteiger partial charge in [0.15, 0.2) is 0 Å². The Morgan fingerprint density at radius 2 is 1.97 bits per heavy atom. The molecule has 1 fully saturated rings. The van der Waals surface area contributed by atoms with Gasteiger partial charge in [-0.2, -0.15) is 0 Å². The molecule has 2 atom stereocenters. The van der Waals surface area contributed by atoms with Crippen LogP contribution in [-0.2, 0) is 16.0 Å². The van der Waals surface area contributed by atoms with Crippen LogP contribution in [-0.4, -0.2) is 52.8 Å². The summed E-state index contributed by atoms with van der Waals surface area (Å²) < 4.78 is 5.45. The number of hydrogen-bond acceptors (Lipinski definition) is 3. The quantitative estimate of drug-likeness (QED) is 0.689. The first-order valence-corrected chi connectivity index (χ1v) is 11.0. The fraction of sp³-hybridized carbons (Fsp3) is 0.360. The van der Waals surface area contributed by atoms with Gasteiger partial charge in [0.1, 0.15) is 11.8 Å². The summed E-state index contributed by atoms with van der Waals surface area (Å²) in [6.45, 7) is 2.88. The Hall–Kier alpha value is -3.28. The van der Waals surface area contributed by atoms with Gasteiger partial charge in [-0.15, -0.1) is 0 Å². The van der Waals surface area contributed by atoms with Gasteiger partial charge in [0.05, 0.1) is 19.7 Å². The lowest BCUT2D eigenvalue weighted by Gasteiger charge is -2.47. The minimum absolute atomic E-state index is 0.00201. The second-order valence-corrected chi connectivity index (χ2v) is 8.38. The number of amides is 2. The normalized spacial score (nSPS) is 20.7. The number of ether oxygens (including phenoxy) is 1. The summed E-state index contributed by atoms with van der Waals surface area (Å²) in [6, 6.07) is 15.1. The summed E-state index contributed by atoms with van der Waals surface area (Å²) in [5.74, 6) is 0.785. The molecule has 2 aromatic carbocycles. The Balaban J connectivity index is 1.67. The molecule has 2 aliphatic heterocycles. The van der Waals surface area contributed by atoms with Gasteiger partial charge in [0, 0.05) is 29.6 Å². The number of nitrogens with one attached hydrogen (secondary N) is 1. The average Bonchev–Trinajstić information content (AvgIpc) is 3.17. The lowest BCUT2D eigenvalue weighted by Crippen LogP contribution is -2.63. The molecule has 6 heteroatoms. The van der Waals surface area contributed by atoms with Crippen LogP contribution >= 0.6 is 0 Å². The maximum absolute atomic E-state index is 13.5. The number of benzene rings is 2. The van der Waals surface area contributed by atoms with Gasteiger partial charge in [-0.1, -0.05) is 43.7 Å². The van der Waals surface area contributed by atoms with E-state index in [1.54, 1.807) is 16.9 Å². The van der Waals surface area contributed by atoms with Crippen LogP contribution in [0.1, 0.15) is 42.6 Å². The maximum Gasteiger partial charge on any atom is 0.246 e. The molecule has 0 saturated carbocycles. The van der Waals surface area contributed by atoms with Gasteiger partial charge in [0.25, 0.3) is 0 Å². The summed E-state index contributed by atoms with van der Waals surface area (Å²) in [7, 11) is 1.64. The first kappa shape index (κ1) is 19.7. The van der Waals surface area contributed by atoms with Crippen molar-refractivity contribution in [1.29, 1.82) is 0 Å². The number of aromatic nitrogens is 1. The highest BCUT2D eigenvalue weighted by Crippen LogP contribution is 2.43. The van der Waals surface area contributed by atoms with Gasteiger partial charge in [-0.3, -0.25) is 9.59 Å². The van der Waals surface area contributed by atoms with Crippen LogP contribution in [0.4, 0.5) is 0 Å². The Kier molecular flexibility index (Phi) is 4.93. The van der Waals surface area contributed by atoms with Crippen molar-refractivity contribution >= 4 is 22.7 Å². The third-order valence-electron chi connectivity index (χ3n) is 6.53. The molecule has 2 amide bonds. The van der Waals surface area contributed by atoms with E-state index in [0.29, 0.717) is 13.0 Å². The third kappa shape index (κ3) is 3.17. The third-order valence-corrected chi connectivity index (χ3v) is 6.53. The zero-order valence-electron chi connectivity index (χ0n) is 17.9. The van der Waals surface area contributed by atoms with Crippen LogP contribution in [0.2, 0.25) is 0 Å². The van der Waals surface area contributed by atoms with E-state index >= 15 is 0 Å². The Morgan fingerprint density at radius 3 is 2.77 bits per heavy atom. The lowest BCUT2D eigenvalue weighted by molar-refractivity contribution is -0.158. The number of rotatable bonds is 5. The van der Waals surface area contributed by atoms with E-state index < -0.39 is 6.04 Å². The van der Waals surface area contributed by atoms with Crippen molar-refractivity contribution in [2.45, 2.75) is 38.3 Å². The van der Waals surface area contributed by atoms with Crippen molar-refractivity contribution in [2.24, 2.45) is 0 Å². The van der Waals surface area contributed by atoms with E-state index in [-0.39, 0.29) is 24.4 Å². The summed E-state index contributed by atoms with van der Waals surface area (Å²) in [4.78, 5) is 34.0. The topological polar surface area (TPSA) is 65.6 Å². The molecule has 1 aromatic heterocycles. The van der Waals surface area contributed by atoms with E-state index in [4.69, 9.17) is 4.74 Å². The first-order valence-electron chi connectivity index (χ1n) is 11.0. The maximum atomic E-state index is 13.5. The molecule has 3 heterocycles. The van der Waals surface area contributed by atoms with Gasteiger partial charge >= 0.3 is 0 Å². The van der Waals surface area contributed by atoms with Crippen LogP contribution in [0.25, 0.3) is 10.9 Å². The van der Waals surface area contributed by atoms with E-state index in [2.05, 4.69) is 18.0 Å². The monoisotopic (exact) mass is 417 g/mol. The fourth-order valence-electron chi connectivity index (χ4n) is 5.02. The summed E-state index contributed by atoms with van der Waals surface area (Å²) in [6.07, 6.45) is 2.43. The largest absolute Gasteiger partial charge is 0.497 e. The van der Waals surface area contributed by atoms with Crippen LogP contribution in [0, 0.1) is 0 Å². The molecular weight excluding hydrogens is 390 g/mol. The highest BCUT2D eigenvalue weighted by Gasteiger charge is 2.48. The number of aromatic amines is 1. The predicted octanol–water partition coefficient (Wildman–Crippen LogP) is 3.66. The molecule has 1 saturated heterocycles. The van der Waals surface area contributed by atoms with Crippen molar-refractivity contribution < 1.29 is 14.3 Å². The van der Waals surface area contributed by atoms with Crippen LogP contribution in [0.3, 0.4) is 0 Å². The molecule has 0 radical (unpaired) electrons. The van der Waals surface area contributed by atoms with Crippen molar-refractivity contribution in [3.05, 3.63) is 65.4 Å². The predicted molar refractivity (Wildman–Crippen MR) is 119 cm³/mol. The number of nitrogens with zero attached hydrogens (tertiary/aromatic N) is 2. The highest BCUT2D eigenvalue weighted by molar-refractivity contribution is 5.97. The molecule has 6 nitrogen and oxygen atoms in total. The van der Waals surface area contributed by atoms with Gasteiger partial charge in [-0.25, -0.2) is 0 Å². The number of methoxy groups -OCH3 is 1. The molecule has 0 aliphatic carbocycles. The number of carbonyl (C=O) groups is 2. The second kappa shape index (κ2) is 7.76. The fourth-order valence-corrected chi connectivity index (χ4v) is 5.02. The highest BCUT2D eigenvalue weighted by atomic mass is 16.5. The molecule has 160 valence electrons. The molecule has 3 aromatic rings. The van der Waals surface area contributed by atoms with Gasteiger partial charge in [-0.05, 0) is 35.7 Å². The van der Waals surface area contributed by atoms with Gasteiger partial charge < -0.3 is 19.5 Å². The van der Waals surface area contributed by atoms with Crippen LogP contribution < -0.4 is 4.74 Å². The molecule has 0 unspecified atom stereocenters. The number of piperazine rings is 1. The minimum atomic E-state index is -0.485. The molecule has 31 heavy (non-hydrogen) atoms. The zero-order chi connectivity index (χ0) is 21.5. The number of carbonyl (C=O) groups excluding carboxylic acids is 2. The number of hydrogen-bond donors (Lipinski definition) is 1. The summed E-state index contributed by atoms with van der Waals surface area (Å²) in [5, 5.41) is 1.12. The van der Waals surface area contributed by atoms with Crippen molar-refractivity contribution in [3.63, 3.8) is 0 Å². The molecule has 2 aliphatic rings. The van der Waals surface area contributed by atoms with E-state index in [1.807, 2.05) is 42.5 Å². The molecule has 5 rings (SSSR count). The van der Waals surface area contributed by atoms with Crippen molar-refractivity contribution in [3.8, 4) is 5.75 Å². The number of H-pyrrole nitrogens is 1. The van der Waals surface area contributed by atoms with Crippen molar-refractivity contribution in [2.75, 3.05) is 20.2 Å². The first-order chi connectivity index (χ1) is 15.1. The Labute approximate surface area is 181 Å². The molecule has 0 bridgehead atoms. The van der Waals surface area contributed by atoms with Gasteiger partial charge in [0.2, 0.25) is 11.8 Å². The second-order valence-electron chi connectivity index (χ2n) is 8.38. The SMILES string of the molecule is CCCCN1CC(=O)N2[C@H](c3cccc(OC)c3)c3[nH]c4ccccc4c3C[C@H]2C1=O. The smallest absolute Gasteiger partial charge is 0.246 e. The van der Waals surface area contributed by atoms with Crippen LogP contribution in [0.5, 0.6) is 5.75 Å². The zero-order valence-corrected chi connectivity index (χ0v) is 17.9. The lowest BCUT2D eigenvalue weighted by atomic mass is 9.86. The van der Waals surface area contributed by atoms with Crippen LogP contribution in [0.15, 0.2) is 48.5 Å². The summed E-state index contributed by atoms with van der Waals surface area (Å²) in [5.41, 5.74) is 4.10. The molecule has 1 N–H and O–H groups in total. The minimum Gasteiger partial charge on any atom is -0.497 e. The van der Waals surface area contributed by atoms with Crippen molar-refractivity contribution in [1.82, 2.24) is 14.8 Å². The molecule has 0 spiro atoms. The number of fused-ring (bicyclic) bond motifs is 4. The van der Waals surface area contributed by atoms with E-state index in [9.17, 15) is 9.59 Å². The Bertz CT molecular complexity index is 1150. The average molecular weight is 418 g/mol.